The molecule has 1 aliphatic rings. The molecule has 1 aliphatic carbocycles. The van der Waals surface area contributed by atoms with Crippen LogP contribution in [0.15, 0.2) is 4.52 Å². The lowest BCUT2D eigenvalue weighted by Gasteiger charge is -2.18. The van der Waals surface area contributed by atoms with Gasteiger partial charge >= 0.3 is 0 Å². The first-order chi connectivity index (χ1) is 7.37. The highest BCUT2D eigenvalue weighted by atomic mass is 16.5. The third-order valence-corrected chi connectivity index (χ3v) is 3.21. The molecule has 1 aromatic rings. The van der Waals surface area contributed by atoms with Crippen LogP contribution < -0.4 is 5.73 Å². The van der Waals surface area contributed by atoms with Gasteiger partial charge in [0, 0.05) is 13.0 Å². The fraction of sp³-hybridized carbons (Fsp3) is 0.818. The molecule has 5 heteroatoms. The Morgan fingerprint density at radius 1 is 1.62 bits per heavy atom. The highest BCUT2D eigenvalue weighted by Gasteiger charge is 2.50. The van der Waals surface area contributed by atoms with Gasteiger partial charge in [0.1, 0.15) is 5.54 Å². The van der Waals surface area contributed by atoms with E-state index in [0.29, 0.717) is 24.2 Å². The summed E-state index contributed by atoms with van der Waals surface area (Å²) in [7, 11) is 1.61. The third-order valence-electron chi connectivity index (χ3n) is 3.21. The molecule has 0 saturated heterocycles. The molecular formula is C11H19N3O2. The van der Waals surface area contributed by atoms with Crippen molar-refractivity contribution in [3.8, 4) is 0 Å². The molecular weight excluding hydrogens is 206 g/mol. The van der Waals surface area contributed by atoms with E-state index in [-0.39, 0.29) is 5.41 Å². The van der Waals surface area contributed by atoms with E-state index in [2.05, 4.69) is 24.0 Å². The molecule has 0 bridgehead atoms. The molecule has 16 heavy (non-hydrogen) atoms. The predicted octanol–water partition coefficient (Wildman–Crippen LogP) is 1.40. The normalized spacial score (nSPS) is 26.4. The smallest absolute Gasteiger partial charge is 0.230 e. The minimum absolute atomic E-state index is 0.288. The Labute approximate surface area is 95.3 Å². The Bertz CT molecular complexity index is 384. The summed E-state index contributed by atoms with van der Waals surface area (Å²) in [5.74, 6) is 1.60. The van der Waals surface area contributed by atoms with E-state index in [1.54, 1.807) is 7.11 Å². The standard InChI is InChI=1S/C11H19N3O2/c1-10(2)5-7(10)8-13-9(14-16-8)11(3,12)6-15-4/h7H,5-6,12H2,1-4H3. The van der Waals surface area contributed by atoms with E-state index in [1.165, 1.54) is 0 Å². The molecule has 2 rings (SSSR count). The Morgan fingerprint density at radius 2 is 2.25 bits per heavy atom. The molecule has 0 aliphatic heterocycles. The van der Waals surface area contributed by atoms with E-state index >= 15 is 0 Å². The fourth-order valence-corrected chi connectivity index (χ4v) is 1.86. The number of hydrogen-bond donors (Lipinski definition) is 1. The zero-order valence-corrected chi connectivity index (χ0v) is 10.3. The van der Waals surface area contributed by atoms with Gasteiger partial charge in [-0.3, -0.25) is 0 Å². The van der Waals surface area contributed by atoms with Crippen LogP contribution >= 0.6 is 0 Å². The minimum atomic E-state index is -0.685. The van der Waals surface area contributed by atoms with Gasteiger partial charge in [-0.1, -0.05) is 19.0 Å². The third kappa shape index (κ3) is 1.97. The number of methoxy groups -OCH3 is 1. The van der Waals surface area contributed by atoms with Crippen LogP contribution in [0, 0.1) is 5.41 Å². The molecule has 0 spiro atoms. The van der Waals surface area contributed by atoms with E-state index in [1.807, 2.05) is 6.92 Å². The second-order valence-corrected chi connectivity index (χ2v) is 5.55. The molecule has 90 valence electrons. The molecule has 1 saturated carbocycles. The lowest BCUT2D eigenvalue weighted by atomic mass is 10.1. The van der Waals surface area contributed by atoms with Gasteiger partial charge in [0.2, 0.25) is 5.89 Å². The summed E-state index contributed by atoms with van der Waals surface area (Å²) >= 11 is 0. The maximum atomic E-state index is 6.04. The molecule has 1 heterocycles. The highest BCUT2D eigenvalue weighted by Crippen LogP contribution is 2.58. The van der Waals surface area contributed by atoms with Crippen LogP contribution in [0.5, 0.6) is 0 Å². The first kappa shape index (κ1) is 11.5. The number of hydrogen-bond acceptors (Lipinski definition) is 5. The zero-order chi connectivity index (χ0) is 12.0. The highest BCUT2D eigenvalue weighted by molar-refractivity contribution is 5.14. The Hall–Kier alpha value is -0.940. The first-order valence-electron chi connectivity index (χ1n) is 5.49. The van der Waals surface area contributed by atoms with Crippen molar-refractivity contribution in [2.75, 3.05) is 13.7 Å². The molecule has 2 unspecified atom stereocenters. The van der Waals surface area contributed by atoms with E-state index < -0.39 is 5.54 Å². The summed E-state index contributed by atoms with van der Waals surface area (Å²) in [4.78, 5) is 4.38. The first-order valence-corrected chi connectivity index (χ1v) is 5.49. The maximum absolute atomic E-state index is 6.04. The van der Waals surface area contributed by atoms with E-state index in [0.717, 1.165) is 6.42 Å². The summed E-state index contributed by atoms with van der Waals surface area (Å²) in [5, 5.41) is 3.94. The summed E-state index contributed by atoms with van der Waals surface area (Å²) in [6.45, 7) is 6.60. The van der Waals surface area contributed by atoms with Gasteiger partial charge in [-0.25, -0.2) is 0 Å². The Morgan fingerprint density at radius 3 is 2.75 bits per heavy atom. The van der Waals surface area contributed by atoms with Gasteiger partial charge in [0.25, 0.3) is 0 Å². The van der Waals surface area contributed by atoms with Crippen molar-refractivity contribution in [2.45, 2.75) is 38.6 Å². The van der Waals surface area contributed by atoms with Crippen LogP contribution in [0.25, 0.3) is 0 Å². The second-order valence-electron chi connectivity index (χ2n) is 5.55. The summed E-state index contributed by atoms with van der Waals surface area (Å²) in [5.41, 5.74) is 5.64. The number of aromatic nitrogens is 2. The van der Waals surface area contributed by atoms with Crippen LogP contribution in [0.4, 0.5) is 0 Å². The topological polar surface area (TPSA) is 74.2 Å². The SMILES string of the molecule is COCC(C)(N)c1noc(C2CC2(C)C)n1. The summed E-state index contributed by atoms with van der Waals surface area (Å²) < 4.78 is 10.3. The molecule has 2 N–H and O–H groups in total. The molecule has 0 radical (unpaired) electrons. The number of nitrogens with zero attached hydrogens (tertiary/aromatic N) is 2. The Balaban J connectivity index is 2.14. The van der Waals surface area contributed by atoms with Gasteiger partial charge < -0.3 is 15.0 Å². The van der Waals surface area contributed by atoms with Gasteiger partial charge in [-0.15, -0.1) is 0 Å². The van der Waals surface area contributed by atoms with Crippen molar-refractivity contribution in [3.63, 3.8) is 0 Å². The summed E-state index contributed by atoms with van der Waals surface area (Å²) in [6, 6.07) is 0. The zero-order valence-electron chi connectivity index (χ0n) is 10.3. The lowest BCUT2D eigenvalue weighted by Crippen LogP contribution is -2.39. The number of rotatable bonds is 4. The predicted molar refractivity (Wildman–Crippen MR) is 58.9 cm³/mol. The van der Waals surface area contributed by atoms with Crippen molar-refractivity contribution >= 4 is 0 Å². The molecule has 2 atom stereocenters. The Kier molecular flexibility index (Phi) is 2.55. The van der Waals surface area contributed by atoms with Crippen LogP contribution in [-0.2, 0) is 10.3 Å². The quantitative estimate of drug-likeness (QED) is 0.838. The van der Waals surface area contributed by atoms with Crippen molar-refractivity contribution in [1.29, 1.82) is 0 Å². The molecule has 0 aromatic carbocycles. The minimum Gasteiger partial charge on any atom is -0.382 e. The average molecular weight is 225 g/mol. The number of nitrogens with two attached hydrogens (primary N) is 1. The van der Waals surface area contributed by atoms with E-state index in [4.69, 9.17) is 15.0 Å². The van der Waals surface area contributed by atoms with Crippen LogP contribution in [-0.4, -0.2) is 23.9 Å². The van der Waals surface area contributed by atoms with Crippen LogP contribution in [0.1, 0.15) is 44.8 Å². The molecule has 1 fully saturated rings. The second kappa shape index (κ2) is 3.53. The molecule has 5 nitrogen and oxygen atoms in total. The van der Waals surface area contributed by atoms with Crippen LogP contribution in [0.3, 0.4) is 0 Å². The molecule has 1 aromatic heterocycles. The lowest BCUT2D eigenvalue weighted by molar-refractivity contribution is 0.135. The summed E-state index contributed by atoms with van der Waals surface area (Å²) in [6.07, 6.45) is 1.10. The molecule has 0 amide bonds. The van der Waals surface area contributed by atoms with Gasteiger partial charge in [0.15, 0.2) is 5.82 Å². The van der Waals surface area contributed by atoms with Crippen LogP contribution in [0.2, 0.25) is 0 Å². The maximum Gasteiger partial charge on any atom is 0.230 e. The number of ether oxygens (including phenoxy) is 1. The monoisotopic (exact) mass is 225 g/mol. The van der Waals surface area contributed by atoms with E-state index in [9.17, 15) is 0 Å². The fourth-order valence-electron chi connectivity index (χ4n) is 1.86. The average Bonchev–Trinajstić information content (AvgIpc) is 2.65. The van der Waals surface area contributed by atoms with Crippen molar-refractivity contribution in [2.24, 2.45) is 11.1 Å². The van der Waals surface area contributed by atoms with Crippen molar-refractivity contribution in [1.82, 2.24) is 10.1 Å². The van der Waals surface area contributed by atoms with Crippen molar-refractivity contribution in [3.05, 3.63) is 11.7 Å². The van der Waals surface area contributed by atoms with Gasteiger partial charge in [-0.05, 0) is 18.8 Å². The van der Waals surface area contributed by atoms with Gasteiger partial charge in [-0.2, -0.15) is 4.98 Å². The van der Waals surface area contributed by atoms with Crippen molar-refractivity contribution < 1.29 is 9.26 Å². The largest absolute Gasteiger partial charge is 0.382 e. The van der Waals surface area contributed by atoms with Gasteiger partial charge in [0.05, 0.1) is 6.61 Å².